The van der Waals surface area contributed by atoms with Gasteiger partial charge in [-0.15, -0.1) is 4.91 Å². The van der Waals surface area contributed by atoms with E-state index < -0.39 is 17.8 Å². The Bertz CT molecular complexity index is 1360. The van der Waals surface area contributed by atoms with Crippen molar-refractivity contribution in [2.75, 3.05) is 47.3 Å². The van der Waals surface area contributed by atoms with Crippen molar-refractivity contribution < 1.29 is 19.1 Å². The molecule has 2 amide bonds. The fourth-order valence-electron chi connectivity index (χ4n) is 3.56. The van der Waals surface area contributed by atoms with Gasteiger partial charge >= 0.3 is 5.97 Å². The number of nitrogens with one attached hydrogen (secondary N) is 2. The molecular weight excluding hydrogens is 502 g/mol. The normalized spacial score (nSPS) is 10.1. The van der Waals surface area contributed by atoms with Gasteiger partial charge in [0, 0.05) is 31.0 Å². The number of anilines is 4. The average molecular weight is 530 g/mol. The van der Waals surface area contributed by atoms with E-state index in [9.17, 15) is 19.3 Å². The zero-order chi connectivity index (χ0) is 28.2. The fourth-order valence-corrected chi connectivity index (χ4v) is 3.56. The minimum absolute atomic E-state index is 0.0163. The SMILES string of the molecule is CCOC(=O)CCN(C(=O)c1ccc(N(C)N=O)c(NC(=O)CNc2ccc(C#N)cc2)c1)c1ccccn1. The molecule has 0 aliphatic heterocycles. The van der Waals surface area contributed by atoms with E-state index in [2.05, 4.69) is 20.9 Å². The molecule has 0 aliphatic rings. The van der Waals surface area contributed by atoms with Crippen LogP contribution >= 0.6 is 0 Å². The third-order valence-corrected chi connectivity index (χ3v) is 5.47. The number of nitrogens with zero attached hydrogens (tertiary/aromatic N) is 5. The molecular formula is C27H27N7O5. The van der Waals surface area contributed by atoms with Crippen LogP contribution in [0.15, 0.2) is 72.1 Å². The number of pyridine rings is 1. The standard InChI is InChI=1S/C27H27N7O5/c1-3-39-26(36)13-15-34(24-6-4-5-14-29-24)27(37)20-9-12-23(33(2)32-38)22(16-20)31-25(35)18-30-21-10-7-19(17-28)8-11-21/h4-12,14,16,30H,3,13,15,18H2,1-2H3,(H,31,35). The lowest BCUT2D eigenvalue weighted by molar-refractivity contribution is -0.142. The number of benzene rings is 2. The van der Waals surface area contributed by atoms with Gasteiger partial charge in [-0.2, -0.15) is 5.26 Å². The molecule has 0 fully saturated rings. The Labute approximate surface area is 225 Å². The van der Waals surface area contributed by atoms with E-state index >= 15 is 0 Å². The summed E-state index contributed by atoms with van der Waals surface area (Å²) in [6.45, 7) is 1.81. The molecule has 0 atom stereocenters. The van der Waals surface area contributed by atoms with E-state index in [1.165, 1.54) is 36.3 Å². The second kappa shape index (κ2) is 13.8. The molecule has 2 aromatic carbocycles. The van der Waals surface area contributed by atoms with Crippen LogP contribution in [0.4, 0.5) is 22.9 Å². The van der Waals surface area contributed by atoms with Crippen LogP contribution in [0.1, 0.15) is 29.3 Å². The smallest absolute Gasteiger partial charge is 0.307 e. The first-order valence-corrected chi connectivity index (χ1v) is 12.0. The van der Waals surface area contributed by atoms with Crippen LogP contribution in [0.2, 0.25) is 0 Å². The first kappa shape index (κ1) is 28.3. The summed E-state index contributed by atoms with van der Waals surface area (Å²) in [6.07, 6.45) is 1.48. The molecule has 3 aromatic rings. The maximum absolute atomic E-state index is 13.6. The van der Waals surface area contributed by atoms with Crippen molar-refractivity contribution in [3.63, 3.8) is 0 Å². The van der Waals surface area contributed by atoms with Gasteiger partial charge in [-0.05, 0) is 61.5 Å². The Morgan fingerprint density at radius 1 is 1.10 bits per heavy atom. The summed E-state index contributed by atoms with van der Waals surface area (Å²) in [5.74, 6) is -1.05. The number of ether oxygens (including phenoxy) is 1. The summed E-state index contributed by atoms with van der Waals surface area (Å²) in [5.41, 5.74) is 1.75. The molecule has 0 unspecified atom stereocenters. The van der Waals surface area contributed by atoms with Gasteiger partial charge in [-0.3, -0.25) is 19.3 Å². The predicted octanol–water partition coefficient (Wildman–Crippen LogP) is 3.72. The average Bonchev–Trinajstić information content (AvgIpc) is 2.96. The van der Waals surface area contributed by atoms with Gasteiger partial charge in [0.05, 0.1) is 47.9 Å². The lowest BCUT2D eigenvalue weighted by atomic mass is 10.1. The zero-order valence-corrected chi connectivity index (χ0v) is 21.5. The van der Waals surface area contributed by atoms with Gasteiger partial charge in [0.2, 0.25) is 5.91 Å². The fraction of sp³-hybridized carbons (Fsp3) is 0.222. The maximum Gasteiger partial charge on any atom is 0.307 e. The highest BCUT2D eigenvalue weighted by Crippen LogP contribution is 2.28. The lowest BCUT2D eigenvalue weighted by Crippen LogP contribution is -2.34. The van der Waals surface area contributed by atoms with E-state index in [0.29, 0.717) is 17.1 Å². The predicted molar refractivity (Wildman–Crippen MR) is 146 cm³/mol. The molecule has 0 spiro atoms. The Kier molecular flexibility index (Phi) is 10.0. The summed E-state index contributed by atoms with van der Waals surface area (Å²) in [7, 11) is 1.41. The van der Waals surface area contributed by atoms with E-state index in [1.54, 1.807) is 49.4 Å². The molecule has 0 aliphatic carbocycles. The molecule has 0 saturated carbocycles. The van der Waals surface area contributed by atoms with Crippen molar-refractivity contribution in [1.29, 1.82) is 5.26 Å². The summed E-state index contributed by atoms with van der Waals surface area (Å²) >= 11 is 0. The van der Waals surface area contributed by atoms with Crippen molar-refractivity contribution >= 4 is 40.7 Å². The second-order valence-electron chi connectivity index (χ2n) is 8.13. The number of carbonyl (C=O) groups is 3. The van der Waals surface area contributed by atoms with Crippen LogP contribution in [0.25, 0.3) is 0 Å². The third-order valence-electron chi connectivity index (χ3n) is 5.47. The van der Waals surface area contributed by atoms with Crippen molar-refractivity contribution in [3.05, 3.63) is 82.9 Å². The van der Waals surface area contributed by atoms with Crippen LogP contribution in [0.5, 0.6) is 0 Å². The van der Waals surface area contributed by atoms with Gasteiger partial charge in [-0.25, -0.2) is 9.99 Å². The molecule has 200 valence electrons. The summed E-state index contributed by atoms with van der Waals surface area (Å²) in [4.78, 5) is 55.1. The number of aromatic nitrogens is 1. The van der Waals surface area contributed by atoms with Crippen molar-refractivity contribution in [2.45, 2.75) is 13.3 Å². The number of amides is 2. The Morgan fingerprint density at radius 3 is 2.51 bits per heavy atom. The molecule has 0 saturated heterocycles. The first-order valence-electron chi connectivity index (χ1n) is 12.0. The van der Waals surface area contributed by atoms with Crippen molar-refractivity contribution in [3.8, 4) is 6.07 Å². The van der Waals surface area contributed by atoms with Crippen LogP contribution in [0, 0.1) is 16.2 Å². The zero-order valence-electron chi connectivity index (χ0n) is 21.5. The van der Waals surface area contributed by atoms with Gasteiger partial charge in [0.25, 0.3) is 5.91 Å². The van der Waals surface area contributed by atoms with Crippen molar-refractivity contribution in [1.82, 2.24) is 4.98 Å². The van der Waals surface area contributed by atoms with Gasteiger partial charge in [0.1, 0.15) is 5.82 Å². The van der Waals surface area contributed by atoms with Crippen molar-refractivity contribution in [2.24, 2.45) is 5.29 Å². The van der Waals surface area contributed by atoms with Gasteiger partial charge in [0.15, 0.2) is 0 Å². The van der Waals surface area contributed by atoms with Crippen LogP contribution in [-0.2, 0) is 14.3 Å². The first-order chi connectivity index (χ1) is 18.9. The van der Waals surface area contributed by atoms with Gasteiger partial charge < -0.3 is 15.4 Å². The molecule has 12 heteroatoms. The van der Waals surface area contributed by atoms with E-state index in [-0.39, 0.29) is 43.1 Å². The number of rotatable bonds is 12. The molecule has 1 heterocycles. The molecule has 12 nitrogen and oxygen atoms in total. The number of carbonyl (C=O) groups excluding carboxylic acids is 3. The topological polar surface area (TPSA) is 157 Å². The molecule has 0 radical (unpaired) electrons. The number of nitriles is 1. The molecule has 3 rings (SSSR count). The molecule has 2 N–H and O–H groups in total. The Balaban J connectivity index is 1.83. The van der Waals surface area contributed by atoms with Gasteiger partial charge in [-0.1, -0.05) is 6.07 Å². The summed E-state index contributed by atoms with van der Waals surface area (Å²) < 4.78 is 4.99. The molecule has 39 heavy (non-hydrogen) atoms. The Morgan fingerprint density at radius 2 is 1.87 bits per heavy atom. The third kappa shape index (κ3) is 7.83. The highest BCUT2D eigenvalue weighted by Gasteiger charge is 2.22. The van der Waals surface area contributed by atoms with Crippen LogP contribution in [0.3, 0.4) is 0 Å². The molecule has 1 aromatic heterocycles. The van der Waals surface area contributed by atoms with Crippen LogP contribution in [-0.4, -0.2) is 49.5 Å². The van der Waals surface area contributed by atoms with E-state index in [0.717, 1.165) is 5.01 Å². The largest absolute Gasteiger partial charge is 0.466 e. The summed E-state index contributed by atoms with van der Waals surface area (Å²) in [6, 6.07) is 18.1. The Hall–Kier alpha value is -5.31. The maximum atomic E-state index is 13.6. The van der Waals surface area contributed by atoms with E-state index in [1.807, 2.05) is 6.07 Å². The number of hydrogen-bond donors (Lipinski definition) is 2. The monoisotopic (exact) mass is 529 g/mol. The van der Waals surface area contributed by atoms with E-state index in [4.69, 9.17) is 10.00 Å². The quantitative estimate of drug-likeness (QED) is 0.203. The van der Waals surface area contributed by atoms with Crippen LogP contribution < -0.4 is 20.5 Å². The minimum Gasteiger partial charge on any atom is -0.466 e. The molecule has 0 bridgehead atoms. The lowest BCUT2D eigenvalue weighted by Gasteiger charge is -2.23. The number of nitroso groups, excluding NO2 is 1. The minimum atomic E-state index is -0.475. The highest BCUT2D eigenvalue weighted by atomic mass is 16.5. The second-order valence-corrected chi connectivity index (χ2v) is 8.13. The highest BCUT2D eigenvalue weighted by molar-refractivity contribution is 6.08. The summed E-state index contributed by atoms with van der Waals surface area (Å²) in [5, 5.41) is 18.5. The number of hydrogen-bond acceptors (Lipinski definition) is 9. The number of esters is 1.